The Morgan fingerprint density at radius 3 is 2.46 bits per heavy atom. The molecule has 1 heterocycles. The molecule has 1 aliphatic carbocycles. The predicted molar refractivity (Wildman–Crippen MR) is 158 cm³/mol. The number of hydrogen-bond acceptors (Lipinski definition) is 6. The molecule has 2 aromatic carbocycles. The first-order valence-electron chi connectivity index (χ1n) is 14.1. The summed E-state index contributed by atoms with van der Waals surface area (Å²) >= 11 is 0. The summed E-state index contributed by atoms with van der Waals surface area (Å²) in [5, 5.41) is 14.7. The van der Waals surface area contributed by atoms with Crippen LogP contribution in [0, 0.1) is 17.2 Å². The summed E-state index contributed by atoms with van der Waals surface area (Å²) in [7, 11) is 1.80. The number of benzene rings is 2. The first kappa shape index (κ1) is 29.6. The van der Waals surface area contributed by atoms with Gasteiger partial charge in [0.15, 0.2) is 0 Å². The van der Waals surface area contributed by atoms with E-state index in [2.05, 4.69) is 10.6 Å². The predicted octanol–water partition coefficient (Wildman–Crippen LogP) is 5.62. The normalized spacial score (nSPS) is 13.8. The smallest absolute Gasteiger partial charge is 0.407 e. The molecule has 3 aromatic rings. The summed E-state index contributed by atoms with van der Waals surface area (Å²) in [5.41, 5.74) is 2.45. The van der Waals surface area contributed by atoms with E-state index in [1.807, 2.05) is 28.8 Å². The molecule has 0 bridgehead atoms. The highest BCUT2D eigenvalue weighted by atomic mass is 16.6. The summed E-state index contributed by atoms with van der Waals surface area (Å²) in [5.74, 6) is 0.153. The summed E-state index contributed by atoms with van der Waals surface area (Å²) in [6.45, 7) is 6.25. The van der Waals surface area contributed by atoms with Gasteiger partial charge in [-0.1, -0.05) is 19.3 Å². The fraction of sp³-hybridized carbons (Fsp3) is 0.452. The lowest BCUT2D eigenvalue weighted by molar-refractivity contribution is -0.123. The molecule has 1 aliphatic rings. The average Bonchev–Trinajstić information content (AvgIpc) is 3.29. The van der Waals surface area contributed by atoms with Crippen LogP contribution in [0.5, 0.6) is 0 Å². The number of aromatic nitrogens is 2. The fourth-order valence-electron chi connectivity index (χ4n) is 5.01. The van der Waals surface area contributed by atoms with Gasteiger partial charge in [-0.3, -0.25) is 14.9 Å². The van der Waals surface area contributed by atoms with Gasteiger partial charge < -0.3 is 19.5 Å². The van der Waals surface area contributed by atoms with Gasteiger partial charge in [-0.25, -0.2) is 9.78 Å². The monoisotopic (exact) mass is 558 g/mol. The molecule has 0 saturated heterocycles. The van der Waals surface area contributed by atoms with E-state index in [-0.39, 0.29) is 17.7 Å². The standard InChI is InChI=1S/C31H38N6O4/c1-31(2,3)41-30(40)33-17-8-18-37-26-16-15-24(36(4)28(39)23-9-6-5-7-10-23)19-25(26)34-29(37)35-27(38)22-13-11-21(20-32)12-14-22/h11-16,19,23H,5-10,17-18H2,1-4H3,(H,33,40)(H,34,35,38). The first-order valence-corrected chi connectivity index (χ1v) is 14.1. The van der Waals surface area contributed by atoms with Gasteiger partial charge in [0.1, 0.15) is 5.60 Å². The van der Waals surface area contributed by atoms with Crippen LogP contribution < -0.4 is 15.5 Å². The van der Waals surface area contributed by atoms with Crippen molar-refractivity contribution in [2.24, 2.45) is 5.92 Å². The van der Waals surface area contributed by atoms with Crippen molar-refractivity contribution in [1.82, 2.24) is 14.9 Å². The molecule has 10 heteroatoms. The number of fused-ring (bicyclic) bond motifs is 1. The Morgan fingerprint density at radius 1 is 1.10 bits per heavy atom. The third kappa shape index (κ3) is 7.63. The van der Waals surface area contributed by atoms with Gasteiger partial charge in [0.2, 0.25) is 11.9 Å². The van der Waals surface area contributed by atoms with Gasteiger partial charge >= 0.3 is 6.09 Å². The van der Waals surface area contributed by atoms with E-state index in [0.29, 0.717) is 42.1 Å². The Hall–Kier alpha value is -4.39. The second-order valence-corrected chi connectivity index (χ2v) is 11.4. The minimum Gasteiger partial charge on any atom is -0.444 e. The summed E-state index contributed by atoms with van der Waals surface area (Å²) in [6, 6.07) is 14.1. The van der Waals surface area contributed by atoms with E-state index in [4.69, 9.17) is 15.0 Å². The van der Waals surface area contributed by atoms with Gasteiger partial charge in [0, 0.05) is 37.3 Å². The Balaban J connectivity index is 1.55. The number of nitrogens with one attached hydrogen (secondary N) is 2. The lowest BCUT2D eigenvalue weighted by Crippen LogP contribution is -2.33. The van der Waals surface area contributed by atoms with Crippen molar-refractivity contribution in [3.63, 3.8) is 0 Å². The third-order valence-corrected chi connectivity index (χ3v) is 7.13. The van der Waals surface area contributed by atoms with Crippen LogP contribution in [0.15, 0.2) is 42.5 Å². The first-order chi connectivity index (χ1) is 19.6. The Morgan fingerprint density at radius 2 is 1.80 bits per heavy atom. The Labute approximate surface area is 240 Å². The molecule has 41 heavy (non-hydrogen) atoms. The van der Waals surface area contributed by atoms with Crippen LogP contribution >= 0.6 is 0 Å². The van der Waals surface area contributed by atoms with Crippen molar-refractivity contribution in [3.8, 4) is 6.07 Å². The number of nitrogens with zero attached hydrogens (tertiary/aromatic N) is 4. The molecule has 2 N–H and O–H groups in total. The van der Waals surface area contributed by atoms with Crippen molar-refractivity contribution in [2.75, 3.05) is 23.8 Å². The van der Waals surface area contributed by atoms with Gasteiger partial charge in [0.05, 0.1) is 22.7 Å². The number of anilines is 2. The number of amides is 3. The molecule has 0 spiro atoms. The molecule has 0 atom stereocenters. The maximum Gasteiger partial charge on any atom is 0.407 e. The van der Waals surface area contributed by atoms with Crippen LogP contribution in [0.25, 0.3) is 11.0 Å². The number of nitriles is 1. The zero-order valence-corrected chi connectivity index (χ0v) is 24.2. The van der Waals surface area contributed by atoms with E-state index >= 15 is 0 Å². The molecular weight excluding hydrogens is 520 g/mol. The second-order valence-electron chi connectivity index (χ2n) is 11.4. The lowest BCUT2D eigenvalue weighted by Gasteiger charge is -2.26. The van der Waals surface area contributed by atoms with Crippen LogP contribution in [0.4, 0.5) is 16.4 Å². The molecule has 1 fully saturated rings. The number of rotatable bonds is 8. The van der Waals surface area contributed by atoms with Crippen molar-refractivity contribution < 1.29 is 19.1 Å². The van der Waals surface area contributed by atoms with Crippen LogP contribution in [0.3, 0.4) is 0 Å². The number of carbonyl (C=O) groups excluding carboxylic acids is 3. The number of carbonyl (C=O) groups is 3. The van der Waals surface area contributed by atoms with Crippen molar-refractivity contribution >= 4 is 40.6 Å². The molecule has 0 radical (unpaired) electrons. The van der Waals surface area contributed by atoms with Crippen LogP contribution in [-0.4, -0.2) is 46.7 Å². The van der Waals surface area contributed by atoms with Gasteiger partial charge in [-0.2, -0.15) is 5.26 Å². The van der Waals surface area contributed by atoms with Crippen LogP contribution in [-0.2, 0) is 16.1 Å². The Bertz CT molecular complexity index is 1440. The molecule has 3 amide bonds. The molecule has 1 aromatic heterocycles. The lowest BCUT2D eigenvalue weighted by atomic mass is 9.88. The zero-order chi connectivity index (χ0) is 29.6. The van der Waals surface area contributed by atoms with Gasteiger partial charge in [-0.15, -0.1) is 0 Å². The molecule has 0 aliphatic heterocycles. The summed E-state index contributed by atoms with van der Waals surface area (Å²) < 4.78 is 7.20. The molecule has 216 valence electrons. The molecule has 0 unspecified atom stereocenters. The topological polar surface area (TPSA) is 129 Å². The minimum absolute atomic E-state index is 0.0433. The van der Waals surface area contributed by atoms with Crippen molar-refractivity contribution in [2.45, 2.75) is 71.4 Å². The maximum atomic E-state index is 13.1. The van der Waals surface area contributed by atoms with E-state index < -0.39 is 11.7 Å². The molecular formula is C31H38N6O4. The number of ether oxygens (including phenoxy) is 1. The number of aryl methyl sites for hydroxylation is 1. The number of imidazole rings is 1. The highest BCUT2D eigenvalue weighted by Gasteiger charge is 2.25. The molecule has 10 nitrogen and oxygen atoms in total. The number of hydrogen-bond donors (Lipinski definition) is 2. The van der Waals surface area contributed by atoms with Crippen molar-refractivity contribution in [3.05, 3.63) is 53.6 Å². The maximum absolute atomic E-state index is 13.1. The highest BCUT2D eigenvalue weighted by molar-refractivity contribution is 6.04. The molecule has 4 rings (SSSR count). The van der Waals surface area contributed by atoms with Gasteiger partial charge in [0.25, 0.3) is 5.91 Å². The quantitative estimate of drug-likeness (QED) is 0.345. The van der Waals surface area contributed by atoms with E-state index in [9.17, 15) is 14.4 Å². The second kappa shape index (κ2) is 12.9. The van der Waals surface area contributed by atoms with E-state index in [0.717, 1.165) is 36.9 Å². The van der Waals surface area contributed by atoms with Crippen LogP contribution in [0.2, 0.25) is 0 Å². The van der Waals surface area contributed by atoms with E-state index in [1.165, 1.54) is 6.42 Å². The van der Waals surface area contributed by atoms with Gasteiger partial charge in [-0.05, 0) is 82.5 Å². The zero-order valence-electron chi connectivity index (χ0n) is 24.2. The number of alkyl carbamates (subject to hydrolysis) is 1. The Kier molecular flexibility index (Phi) is 9.28. The summed E-state index contributed by atoms with van der Waals surface area (Å²) in [4.78, 5) is 44.7. The minimum atomic E-state index is -0.587. The SMILES string of the molecule is CN(C(=O)C1CCCCC1)c1ccc2c(c1)nc(NC(=O)c1ccc(C#N)cc1)n2CCCNC(=O)OC(C)(C)C. The largest absolute Gasteiger partial charge is 0.444 e. The van der Waals surface area contributed by atoms with E-state index in [1.54, 1.807) is 57.0 Å². The average molecular weight is 559 g/mol. The third-order valence-electron chi connectivity index (χ3n) is 7.13. The molecule has 1 saturated carbocycles. The summed E-state index contributed by atoms with van der Waals surface area (Å²) in [6.07, 6.45) is 5.26. The van der Waals surface area contributed by atoms with Crippen LogP contribution in [0.1, 0.15) is 75.2 Å². The van der Waals surface area contributed by atoms with Crippen molar-refractivity contribution in [1.29, 1.82) is 5.26 Å². The fourth-order valence-corrected chi connectivity index (χ4v) is 5.01. The highest BCUT2D eigenvalue weighted by Crippen LogP contribution is 2.29.